The molecular weight excluding hydrogens is 382 g/mol. The monoisotopic (exact) mass is 427 g/mol. The highest BCUT2D eigenvalue weighted by Gasteiger charge is 2.70. The number of nitrogens with one attached hydrogen (secondary N) is 1. The fraction of sp³-hybridized carbons (Fsp3) is 0.893. The van der Waals surface area contributed by atoms with Gasteiger partial charge in [-0.3, -0.25) is 4.79 Å². The Morgan fingerprint density at radius 1 is 1.03 bits per heavy atom. The summed E-state index contributed by atoms with van der Waals surface area (Å²) in [6.45, 7) is 12.2. The Hall–Kier alpha value is -0.830. The third-order valence-electron chi connectivity index (χ3n) is 11.2. The molecule has 0 aromatic carbocycles. The Labute approximate surface area is 189 Å². The van der Waals surface area contributed by atoms with Crippen LogP contribution in [-0.4, -0.2) is 16.7 Å². The molecule has 1 aliphatic heterocycles. The number of fused-ring (bicyclic) bond motifs is 4. The molecule has 2 N–H and O–H groups in total. The van der Waals surface area contributed by atoms with Crippen LogP contribution in [0.1, 0.15) is 112 Å². The summed E-state index contributed by atoms with van der Waals surface area (Å²) in [5, 5.41) is 13.9. The molecular formula is C28H45NO2. The smallest absolute Gasteiger partial charge is 0.229 e. The van der Waals surface area contributed by atoms with Gasteiger partial charge in [0, 0.05) is 6.42 Å². The van der Waals surface area contributed by atoms with Crippen molar-refractivity contribution in [3.63, 3.8) is 0 Å². The van der Waals surface area contributed by atoms with Crippen molar-refractivity contribution in [3.8, 4) is 0 Å². The van der Waals surface area contributed by atoms with E-state index in [1.807, 2.05) is 0 Å². The molecule has 4 aliphatic carbocycles. The Bertz CT molecular complexity index is 801. The summed E-state index contributed by atoms with van der Waals surface area (Å²) >= 11 is 0. The first kappa shape index (κ1) is 22.0. The number of hydrogen-bond acceptors (Lipinski definition) is 2. The number of amides is 1. The highest BCUT2D eigenvalue weighted by atomic mass is 16.3. The number of hydrogen-bond donors (Lipinski definition) is 2. The summed E-state index contributed by atoms with van der Waals surface area (Å²) in [6, 6.07) is 0. The van der Waals surface area contributed by atoms with E-state index in [4.69, 9.17) is 0 Å². The normalized spacial score (nSPS) is 47.1. The maximum Gasteiger partial charge on any atom is 0.229 e. The minimum absolute atomic E-state index is 0.0166. The van der Waals surface area contributed by atoms with E-state index in [-0.39, 0.29) is 16.7 Å². The van der Waals surface area contributed by atoms with Crippen molar-refractivity contribution in [2.45, 2.75) is 117 Å². The van der Waals surface area contributed by atoms with Gasteiger partial charge in [0.2, 0.25) is 5.91 Å². The van der Waals surface area contributed by atoms with Crippen molar-refractivity contribution >= 4 is 5.91 Å². The van der Waals surface area contributed by atoms with Crippen molar-refractivity contribution in [2.24, 2.45) is 39.9 Å². The molecule has 1 heterocycles. The van der Waals surface area contributed by atoms with E-state index in [1.54, 1.807) is 11.1 Å². The number of aliphatic hydroxyl groups is 1. The lowest BCUT2D eigenvalue weighted by atomic mass is 9.43. The maximum absolute atomic E-state index is 13.2. The van der Waals surface area contributed by atoms with Crippen LogP contribution in [-0.2, 0) is 4.79 Å². The summed E-state index contributed by atoms with van der Waals surface area (Å²) in [5.74, 6) is 3.16. The standard InChI is InChI=1S/C28H45NO2/c1-18(2)7-6-8-19(3)21-9-10-22-20-11-14-27-17-28(31,29-24(27)30)16-15-26(27,5)23(20)12-13-25(21,22)4/h18-19,21,23,31H,6-17H2,1-5H3,(H,29,30)/t19-,21?,23?,25-,26-,27-,28-/m1/s1. The Morgan fingerprint density at radius 2 is 1.81 bits per heavy atom. The molecule has 1 amide bonds. The SMILES string of the molecule is CC(C)CCC[C@@H](C)C1CCC2=C3CC[C@]45C[C@](O)(CC[C@]4(C)C3CC[C@@]21C)NC5=O. The van der Waals surface area contributed by atoms with Crippen LogP contribution in [0.4, 0.5) is 0 Å². The summed E-state index contributed by atoms with van der Waals surface area (Å²) in [6.07, 6.45) is 13.7. The van der Waals surface area contributed by atoms with Gasteiger partial charge in [0.15, 0.2) is 0 Å². The molecule has 0 radical (unpaired) electrons. The van der Waals surface area contributed by atoms with Gasteiger partial charge in [0.25, 0.3) is 0 Å². The number of carbonyl (C=O) groups is 1. The molecule has 2 bridgehead atoms. The van der Waals surface area contributed by atoms with E-state index in [9.17, 15) is 9.90 Å². The van der Waals surface area contributed by atoms with Crippen LogP contribution in [0.2, 0.25) is 0 Å². The topological polar surface area (TPSA) is 49.3 Å². The predicted molar refractivity (Wildman–Crippen MR) is 125 cm³/mol. The van der Waals surface area contributed by atoms with Crippen molar-refractivity contribution in [1.82, 2.24) is 5.32 Å². The molecule has 1 spiro atoms. The molecule has 3 saturated carbocycles. The molecule has 31 heavy (non-hydrogen) atoms. The molecule has 5 rings (SSSR count). The van der Waals surface area contributed by atoms with Crippen molar-refractivity contribution in [3.05, 3.63) is 11.1 Å². The lowest BCUT2D eigenvalue weighted by molar-refractivity contribution is -0.145. The first-order valence-electron chi connectivity index (χ1n) is 13.3. The van der Waals surface area contributed by atoms with Crippen LogP contribution in [0.3, 0.4) is 0 Å². The van der Waals surface area contributed by atoms with Gasteiger partial charge in [-0.1, -0.05) is 65.0 Å². The predicted octanol–water partition coefficient (Wildman–Crippen LogP) is 6.36. The zero-order valence-electron chi connectivity index (χ0n) is 20.7. The summed E-state index contributed by atoms with van der Waals surface area (Å²) in [5.41, 5.74) is 2.68. The number of carbonyl (C=O) groups excluding carboxylic acids is 1. The molecule has 1 saturated heterocycles. The zero-order valence-corrected chi connectivity index (χ0v) is 20.7. The Kier molecular flexibility index (Phi) is 5.02. The van der Waals surface area contributed by atoms with E-state index in [1.165, 1.54) is 44.9 Å². The highest BCUT2D eigenvalue weighted by molar-refractivity contribution is 5.87. The van der Waals surface area contributed by atoms with Gasteiger partial charge in [0.05, 0.1) is 5.41 Å². The second kappa shape index (κ2) is 7.08. The van der Waals surface area contributed by atoms with Gasteiger partial charge in [-0.15, -0.1) is 0 Å². The first-order valence-corrected chi connectivity index (χ1v) is 13.3. The van der Waals surface area contributed by atoms with Crippen LogP contribution >= 0.6 is 0 Å². The number of rotatable bonds is 5. The van der Waals surface area contributed by atoms with Crippen LogP contribution in [0.25, 0.3) is 0 Å². The van der Waals surface area contributed by atoms with Gasteiger partial charge in [-0.2, -0.15) is 0 Å². The third-order valence-corrected chi connectivity index (χ3v) is 11.2. The molecule has 5 aliphatic rings. The second-order valence-corrected chi connectivity index (χ2v) is 13.1. The minimum atomic E-state index is -0.936. The average Bonchev–Trinajstić information content (AvgIpc) is 3.15. The first-order chi connectivity index (χ1) is 14.5. The second-order valence-electron chi connectivity index (χ2n) is 13.1. The lowest BCUT2D eigenvalue weighted by Gasteiger charge is -2.59. The van der Waals surface area contributed by atoms with Gasteiger partial charge < -0.3 is 10.4 Å². The Morgan fingerprint density at radius 3 is 2.55 bits per heavy atom. The van der Waals surface area contributed by atoms with E-state index < -0.39 is 5.72 Å². The largest absolute Gasteiger partial charge is 0.371 e. The van der Waals surface area contributed by atoms with E-state index in [2.05, 4.69) is 39.9 Å². The van der Waals surface area contributed by atoms with Crippen LogP contribution in [0, 0.1) is 39.9 Å². The van der Waals surface area contributed by atoms with Gasteiger partial charge in [-0.05, 0) is 85.9 Å². The molecule has 3 heteroatoms. The summed E-state index contributed by atoms with van der Waals surface area (Å²) in [4.78, 5) is 13.2. The van der Waals surface area contributed by atoms with Crippen LogP contribution in [0.5, 0.6) is 0 Å². The fourth-order valence-electron chi connectivity index (χ4n) is 9.43. The summed E-state index contributed by atoms with van der Waals surface area (Å²) < 4.78 is 0. The van der Waals surface area contributed by atoms with Gasteiger partial charge in [-0.25, -0.2) is 0 Å². The van der Waals surface area contributed by atoms with E-state index in [0.29, 0.717) is 17.8 Å². The molecule has 174 valence electrons. The van der Waals surface area contributed by atoms with Crippen molar-refractivity contribution < 1.29 is 9.90 Å². The lowest BCUT2D eigenvalue weighted by Crippen LogP contribution is -2.56. The minimum Gasteiger partial charge on any atom is -0.371 e. The highest BCUT2D eigenvalue weighted by Crippen LogP contribution is 2.71. The molecule has 4 fully saturated rings. The Balaban J connectivity index is 1.42. The van der Waals surface area contributed by atoms with Gasteiger partial charge in [0.1, 0.15) is 5.72 Å². The fourth-order valence-corrected chi connectivity index (χ4v) is 9.43. The molecule has 0 aromatic heterocycles. The molecule has 7 atom stereocenters. The third kappa shape index (κ3) is 2.97. The van der Waals surface area contributed by atoms with E-state index in [0.717, 1.165) is 43.4 Å². The van der Waals surface area contributed by atoms with E-state index >= 15 is 0 Å². The molecule has 0 aromatic rings. The van der Waals surface area contributed by atoms with Crippen LogP contribution in [0.15, 0.2) is 11.1 Å². The quantitative estimate of drug-likeness (QED) is 0.502. The molecule has 3 nitrogen and oxygen atoms in total. The maximum atomic E-state index is 13.2. The van der Waals surface area contributed by atoms with Crippen molar-refractivity contribution in [2.75, 3.05) is 0 Å². The number of allylic oxidation sites excluding steroid dienone is 2. The average molecular weight is 428 g/mol. The summed E-state index contributed by atoms with van der Waals surface area (Å²) in [7, 11) is 0. The van der Waals surface area contributed by atoms with Crippen LogP contribution < -0.4 is 5.32 Å². The van der Waals surface area contributed by atoms with Crippen molar-refractivity contribution in [1.29, 1.82) is 0 Å². The molecule has 2 unspecified atom stereocenters. The zero-order chi connectivity index (χ0) is 22.2. The van der Waals surface area contributed by atoms with Gasteiger partial charge >= 0.3 is 0 Å².